The molecule has 5 rings (SSSR count). The van der Waals surface area contributed by atoms with Gasteiger partial charge in [0.25, 0.3) is 5.91 Å². The lowest BCUT2D eigenvalue weighted by Crippen LogP contribution is -2.41. The normalized spacial score (nSPS) is 11.4. The Bertz CT molecular complexity index is 1650. The van der Waals surface area contributed by atoms with Gasteiger partial charge in [-0.15, -0.1) is 5.10 Å². The smallest absolute Gasteiger partial charge is 0.409 e. The van der Waals surface area contributed by atoms with Gasteiger partial charge in [0, 0.05) is 11.1 Å². The Morgan fingerprint density at radius 1 is 0.850 bits per heavy atom. The fourth-order valence-electron chi connectivity index (χ4n) is 4.08. The fraction of sp³-hybridized carbons (Fsp3) is 0.100. The van der Waals surface area contributed by atoms with E-state index >= 15 is 0 Å². The first-order chi connectivity index (χ1) is 19.5. The summed E-state index contributed by atoms with van der Waals surface area (Å²) < 4.78 is 11.8. The number of nitrogens with zero attached hydrogens (tertiary/aromatic N) is 3. The molecule has 1 unspecified atom stereocenters. The van der Waals surface area contributed by atoms with Crippen molar-refractivity contribution in [1.82, 2.24) is 20.3 Å². The van der Waals surface area contributed by atoms with Gasteiger partial charge in [-0.25, -0.2) is 9.48 Å². The molecule has 0 spiro atoms. The number of ether oxygens (including phenoxy) is 2. The summed E-state index contributed by atoms with van der Waals surface area (Å²) in [7, 11) is 1.54. The molecule has 0 aliphatic heterocycles. The van der Waals surface area contributed by atoms with Crippen LogP contribution < -0.4 is 15.4 Å². The molecular formula is C30H25N5O5. The minimum absolute atomic E-state index is 0.0122. The van der Waals surface area contributed by atoms with E-state index in [4.69, 9.17) is 9.47 Å². The number of hydrogen-bond acceptors (Lipinski definition) is 7. The van der Waals surface area contributed by atoms with Gasteiger partial charge >= 0.3 is 6.09 Å². The second kappa shape index (κ2) is 11.9. The molecule has 10 heteroatoms. The molecule has 200 valence electrons. The largest absolute Gasteiger partial charge is 0.497 e. The maximum Gasteiger partial charge on any atom is 0.409 e. The van der Waals surface area contributed by atoms with Gasteiger partial charge in [-0.05, 0) is 54.1 Å². The van der Waals surface area contributed by atoms with Crippen LogP contribution in [-0.4, -0.2) is 39.9 Å². The van der Waals surface area contributed by atoms with Crippen LogP contribution in [-0.2, 0) is 16.1 Å². The molecule has 1 aromatic heterocycles. The van der Waals surface area contributed by atoms with Gasteiger partial charge in [-0.2, -0.15) is 0 Å². The second-order valence-electron chi connectivity index (χ2n) is 8.72. The summed E-state index contributed by atoms with van der Waals surface area (Å²) >= 11 is 0. The zero-order valence-electron chi connectivity index (χ0n) is 21.5. The molecule has 0 aliphatic carbocycles. The first-order valence-electron chi connectivity index (χ1n) is 12.4. The van der Waals surface area contributed by atoms with Gasteiger partial charge in [-0.1, -0.05) is 59.8 Å². The van der Waals surface area contributed by atoms with E-state index in [0.29, 0.717) is 22.3 Å². The Morgan fingerprint density at radius 3 is 2.33 bits per heavy atom. The average molecular weight is 536 g/mol. The number of anilines is 1. The Labute approximate surface area is 229 Å². The third-order valence-electron chi connectivity index (χ3n) is 6.12. The van der Waals surface area contributed by atoms with Gasteiger partial charge in [-0.3, -0.25) is 14.9 Å². The molecule has 2 amide bonds. The van der Waals surface area contributed by atoms with E-state index in [9.17, 15) is 14.4 Å². The third-order valence-corrected chi connectivity index (χ3v) is 6.12. The highest BCUT2D eigenvalue weighted by Gasteiger charge is 2.28. The Morgan fingerprint density at radius 2 is 1.55 bits per heavy atom. The molecule has 1 atom stereocenters. The van der Waals surface area contributed by atoms with Crippen molar-refractivity contribution in [2.75, 3.05) is 12.4 Å². The molecular weight excluding hydrogens is 510 g/mol. The minimum atomic E-state index is -1.33. The van der Waals surface area contributed by atoms with E-state index in [1.54, 1.807) is 79.9 Å². The number of amides is 2. The van der Waals surface area contributed by atoms with Crippen LogP contribution in [0.25, 0.3) is 11.0 Å². The molecule has 5 aromatic rings. The van der Waals surface area contributed by atoms with E-state index in [1.165, 1.54) is 4.68 Å². The highest BCUT2D eigenvalue weighted by Crippen LogP contribution is 2.23. The Hall–Kier alpha value is -5.51. The number of aromatic nitrogens is 3. The Kier molecular flexibility index (Phi) is 7.77. The molecule has 0 fully saturated rings. The number of alkyl carbamates (subject to hydrolysis) is 1. The number of benzene rings is 4. The van der Waals surface area contributed by atoms with Crippen LogP contribution in [0.15, 0.2) is 103 Å². The molecule has 4 aromatic carbocycles. The SMILES string of the molecule is COc1ccc(C(=O)c2ccccc2NC(=O)C(NC(=O)OCc2ccccc2)n2nnc3ccccc32)cc1. The van der Waals surface area contributed by atoms with E-state index in [1.807, 2.05) is 30.3 Å². The third kappa shape index (κ3) is 5.81. The summed E-state index contributed by atoms with van der Waals surface area (Å²) in [5.74, 6) is -0.329. The standard InChI is InChI=1S/C30H25N5O5/c1-39-22-17-15-21(16-18-22)27(36)23-11-5-6-12-24(23)31-29(37)28(35-26-14-8-7-13-25(26)33-34-35)32-30(38)40-19-20-9-3-2-4-10-20/h2-18,28H,19H2,1H3,(H,31,37)(H,32,38). The lowest BCUT2D eigenvalue weighted by Gasteiger charge is -2.20. The van der Waals surface area contributed by atoms with Crippen molar-refractivity contribution in [3.63, 3.8) is 0 Å². The van der Waals surface area contributed by atoms with Gasteiger partial charge in [0.15, 0.2) is 5.78 Å². The van der Waals surface area contributed by atoms with Crippen molar-refractivity contribution in [1.29, 1.82) is 0 Å². The number of methoxy groups -OCH3 is 1. The van der Waals surface area contributed by atoms with Crippen LogP contribution in [0, 0.1) is 0 Å². The van der Waals surface area contributed by atoms with Crippen molar-refractivity contribution in [2.24, 2.45) is 0 Å². The number of nitrogens with one attached hydrogen (secondary N) is 2. The molecule has 0 saturated carbocycles. The molecule has 0 radical (unpaired) electrons. The Balaban J connectivity index is 1.41. The number of rotatable bonds is 9. The van der Waals surface area contributed by atoms with E-state index in [2.05, 4.69) is 20.9 Å². The number of hydrogen-bond donors (Lipinski definition) is 2. The van der Waals surface area contributed by atoms with Gasteiger partial charge < -0.3 is 14.8 Å². The molecule has 1 heterocycles. The predicted molar refractivity (Wildman–Crippen MR) is 148 cm³/mol. The zero-order chi connectivity index (χ0) is 27.9. The lowest BCUT2D eigenvalue weighted by molar-refractivity contribution is -0.120. The summed E-state index contributed by atoms with van der Waals surface area (Å²) in [6.07, 6.45) is -2.16. The number of ketones is 1. The monoisotopic (exact) mass is 535 g/mol. The van der Waals surface area contributed by atoms with Gasteiger partial charge in [0.05, 0.1) is 18.3 Å². The topological polar surface area (TPSA) is 124 Å². The van der Waals surface area contributed by atoms with Crippen molar-refractivity contribution in [3.05, 3.63) is 120 Å². The van der Waals surface area contributed by atoms with Crippen molar-refractivity contribution in [2.45, 2.75) is 12.8 Å². The van der Waals surface area contributed by atoms with Crippen LogP contribution in [0.1, 0.15) is 27.7 Å². The van der Waals surface area contributed by atoms with E-state index in [0.717, 1.165) is 5.56 Å². The zero-order valence-corrected chi connectivity index (χ0v) is 21.5. The number of carbonyl (C=O) groups excluding carboxylic acids is 3. The average Bonchev–Trinajstić information content (AvgIpc) is 3.43. The number of para-hydroxylation sites is 2. The summed E-state index contributed by atoms with van der Waals surface area (Å²) in [5, 5.41) is 13.6. The van der Waals surface area contributed by atoms with Crippen LogP contribution in [0.2, 0.25) is 0 Å². The van der Waals surface area contributed by atoms with Crippen LogP contribution in [0.3, 0.4) is 0 Å². The fourth-order valence-corrected chi connectivity index (χ4v) is 4.08. The summed E-state index contributed by atoms with van der Waals surface area (Å²) in [5.41, 5.74) is 2.81. The summed E-state index contributed by atoms with van der Waals surface area (Å²) in [6.45, 7) is 0.0122. The van der Waals surface area contributed by atoms with Gasteiger partial charge in [0.2, 0.25) is 6.17 Å². The summed E-state index contributed by atoms with van der Waals surface area (Å²) in [4.78, 5) is 39.8. The molecule has 10 nitrogen and oxygen atoms in total. The first-order valence-corrected chi connectivity index (χ1v) is 12.4. The van der Waals surface area contributed by atoms with E-state index in [-0.39, 0.29) is 23.6 Å². The highest BCUT2D eigenvalue weighted by molar-refractivity contribution is 6.14. The molecule has 2 N–H and O–H groups in total. The van der Waals surface area contributed by atoms with Crippen molar-refractivity contribution < 1.29 is 23.9 Å². The number of fused-ring (bicyclic) bond motifs is 1. The number of carbonyl (C=O) groups is 3. The second-order valence-corrected chi connectivity index (χ2v) is 8.72. The lowest BCUT2D eigenvalue weighted by atomic mass is 10.0. The van der Waals surface area contributed by atoms with Crippen LogP contribution in [0.4, 0.5) is 10.5 Å². The minimum Gasteiger partial charge on any atom is -0.497 e. The molecule has 0 saturated heterocycles. The highest BCUT2D eigenvalue weighted by atomic mass is 16.5. The van der Waals surface area contributed by atoms with E-state index < -0.39 is 18.2 Å². The van der Waals surface area contributed by atoms with Crippen LogP contribution in [0.5, 0.6) is 5.75 Å². The maximum atomic E-state index is 13.7. The first kappa shape index (κ1) is 26.1. The summed E-state index contributed by atoms with van der Waals surface area (Å²) in [6, 6.07) is 29.5. The molecule has 0 bridgehead atoms. The van der Waals surface area contributed by atoms with Crippen molar-refractivity contribution >= 4 is 34.5 Å². The van der Waals surface area contributed by atoms with Gasteiger partial charge in [0.1, 0.15) is 17.9 Å². The molecule has 0 aliphatic rings. The quantitative estimate of drug-likeness (QED) is 0.261. The maximum absolute atomic E-state index is 13.7. The van der Waals surface area contributed by atoms with Crippen molar-refractivity contribution in [3.8, 4) is 5.75 Å². The molecule has 40 heavy (non-hydrogen) atoms. The van der Waals surface area contributed by atoms with Crippen LogP contribution >= 0.6 is 0 Å². The predicted octanol–water partition coefficient (Wildman–Crippen LogP) is 4.73.